The summed E-state index contributed by atoms with van der Waals surface area (Å²) in [5.41, 5.74) is 0. The Balaban J connectivity index is 4.55. The van der Waals surface area contributed by atoms with Crippen LogP contribution >= 0.6 is 0 Å². The summed E-state index contributed by atoms with van der Waals surface area (Å²) in [6.07, 6.45) is 84.3. The van der Waals surface area contributed by atoms with E-state index >= 15 is 0 Å². The first-order valence-electron chi connectivity index (χ1n) is 28.8. The van der Waals surface area contributed by atoms with Gasteiger partial charge in [-0.1, -0.05) is 237 Å². The Morgan fingerprint density at radius 3 is 0.986 bits per heavy atom. The lowest BCUT2D eigenvalue weighted by molar-refractivity contribution is -0.166. The number of unbranched alkanes of at least 4 members (excludes halogenated alkanes) is 15. The Hall–Kier alpha value is -4.71. The molecule has 6 nitrogen and oxygen atoms in total. The van der Waals surface area contributed by atoms with E-state index in [4.69, 9.17) is 14.2 Å². The minimum Gasteiger partial charge on any atom is -0.462 e. The molecule has 0 N–H and O–H groups in total. The molecule has 0 aromatic heterocycles. The van der Waals surface area contributed by atoms with Gasteiger partial charge in [-0.2, -0.15) is 0 Å². The van der Waals surface area contributed by atoms with E-state index in [1.807, 2.05) is 12.2 Å². The zero-order valence-electron chi connectivity index (χ0n) is 46.1. The number of ether oxygens (including phenoxy) is 3. The molecule has 0 aliphatic heterocycles. The number of esters is 3. The molecule has 0 rings (SSSR count). The molecule has 0 saturated heterocycles. The van der Waals surface area contributed by atoms with Gasteiger partial charge < -0.3 is 14.2 Å². The van der Waals surface area contributed by atoms with Gasteiger partial charge in [-0.3, -0.25) is 14.4 Å². The summed E-state index contributed by atoms with van der Waals surface area (Å²) in [4.78, 5) is 38.1. The first kappa shape index (κ1) is 67.3. The summed E-state index contributed by atoms with van der Waals surface area (Å²) < 4.78 is 16.7. The first-order chi connectivity index (χ1) is 35.5. The second kappa shape index (κ2) is 58.9. The molecule has 0 saturated carbocycles. The monoisotopic (exact) mass is 993 g/mol. The molecule has 6 heteroatoms. The quantitative estimate of drug-likeness (QED) is 0.0261. The molecule has 0 spiro atoms. The van der Waals surface area contributed by atoms with Gasteiger partial charge >= 0.3 is 17.9 Å². The van der Waals surface area contributed by atoms with Gasteiger partial charge in [0.15, 0.2) is 6.10 Å². The van der Waals surface area contributed by atoms with Crippen LogP contribution in [0, 0.1) is 0 Å². The molecule has 0 fully saturated rings. The van der Waals surface area contributed by atoms with Crippen molar-refractivity contribution in [1.29, 1.82) is 0 Å². The van der Waals surface area contributed by atoms with Gasteiger partial charge in [0.2, 0.25) is 0 Å². The Labute approximate surface area is 442 Å². The van der Waals surface area contributed by atoms with Crippen LogP contribution in [-0.4, -0.2) is 37.2 Å². The molecule has 1 atom stereocenters. The number of carbonyl (C=O) groups excluding carboxylic acids is 3. The average Bonchev–Trinajstić information content (AvgIpc) is 3.38. The van der Waals surface area contributed by atoms with Gasteiger partial charge in [-0.05, 0) is 122 Å². The third-order valence-corrected chi connectivity index (χ3v) is 11.6. The molecule has 0 aliphatic rings. The third kappa shape index (κ3) is 56.2. The van der Waals surface area contributed by atoms with E-state index in [-0.39, 0.29) is 44.0 Å². The van der Waals surface area contributed by atoms with Crippen LogP contribution in [-0.2, 0) is 28.6 Å². The Kier molecular flexibility index (Phi) is 55.0. The minimum absolute atomic E-state index is 0.137. The van der Waals surface area contributed by atoms with E-state index in [1.165, 1.54) is 83.5 Å². The second-order valence-corrected chi connectivity index (χ2v) is 18.4. The topological polar surface area (TPSA) is 78.9 Å². The lowest BCUT2D eigenvalue weighted by Gasteiger charge is -2.18. The van der Waals surface area contributed by atoms with Crippen molar-refractivity contribution in [3.05, 3.63) is 146 Å². The number of hydrogen-bond acceptors (Lipinski definition) is 6. The van der Waals surface area contributed by atoms with Crippen LogP contribution in [0.15, 0.2) is 146 Å². The number of allylic oxidation sites excluding steroid dienone is 24. The smallest absolute Gasteiger partial charge is 0.306 e. The molecule has 0 radical (unpaired) electrons. The summed E-state index contributed by atoms with van der Waals surface area (Å²) in [5, 5.41) is 0. The predicted octanol–water partition coefficient (Wildman–Crippen LogP) is 19.6. The van der Waals surface area contributed by atoms with Crippen molar-refractivity contribution in [2.75, 3.05) is 13.2 Å². The fourth-order valence-electron chi connectivity index (χ4n) is 7.32. The zero-order valence-corrected chi connectivity index (χ0v) is 46.1. The van der Waals surface area contributed by atoms with Gasteiger partial charge in [-0.25, -0.2) is 0 Å². The van der Waals surface area contributed by atoms with Crippen molar-refractivity contribution >= 4 is 17.9 Å². The molecular weight excluding hydrogens is 889 g/mol. The third-order valence-electron chi connectivity index (χ3n) is 11.6. The lowest BCUT2D eigenvalue weighted by atomic mass is 10.1. The highest BCUT2D eigenvalue weighted by atomic mass is 16.6. The predicted molar refractivity (Wildman–Crippen MR) is 311 cm³/mol. The highest BCUT2D eigenvalue weighted by molar-refractivity contribution is 5.71. The van der Waals surface area contributed by atoms with E-state index in [2.05, 4.69) is 154 Å². The zero-order chi connectivity index (χ0) is 52.2. The van der Waals surface area contributed by atoms with Gasteiger partial charge in [0.1, 0.15) is 13.2 Å². The SMILES string of the molecule is CC/C=C\C/C=C\C/C=C\C/C=C\C/C=C\C/C=C\C/C=C\CCCC(=O)OCC(COC(=O)CC/C=C\C/C=C\C/C=C\C/C=C\CC)OC(=O)CCCCCCCCC/C=C\CCCCCCCCC. The van der Waals surface area contributed by atoms with Gasteiger partial charge in [0, 0.05) is 19.3 Å². The van der Waals surface area contributed by atoms with Crippen LogP contribution in [0.4, 0.5) is 0 Å². The molecule has 0 aliphatic carbocycles. The van der Waals surface area contributed by atoms with E-state index in [0.29, 0.717) is 19.3 Å². The Morgan fingerprint density at radius 1 is 0.292 bits per heavy atom. The van der Waals surface area contributed by atoms with Crippen molar-refractivity contribution in [2.24, 2.45) is 0 Å². The van der Waals surface area contributed by atoms with E-state index in [1.54, 1.807) is 0 Å². The number of rotatable bonds is 50. The molecule has 0 aromatic rings. The molecule has 0 aromatic carbocycles. The molecule has 0 heterocycles. The lowest BCUT2D eigenvalue weighted by Crippen LogP contribution is -2.30. The first-order valence-corrected chi connectivity index (χ1v) is 28.8. The van der Waals surface area contributed by atoms with Crippen molar-refractivity contribution < 1.29 is 28.6 Å². The van der Waals surface area contributed by atoms with Crippen LogP contribution < -0.4 is 0 Å². The summed E-state index contributed by atoms with van der Waals surface area (Å²) in [6.45, 7) is 6.28. The molecule has 1 unspecified atom stereocenters. The summed E-state index contributed by atoms with van der Waals surface area (Å²) in [5.74, 6) is -1.08. The Morgan fingerprint density at radius 2 is 0.583 bits per heavy atom. The second-order valence-electron chi connectivity index (χ2n) is 18.4. The standard InChI is InChI=1S/C66H104O6/c1-4-7-10-13-16-19-22-25-27-29-31-32-33-34-35-37-38-41-44-47-50-53-56-59-65(68)71-62-63(61-70-64(67)58-55-52-49-46-43-40-24-21-18-15-12-9-6-3)72-66(69)60-57-54-51-48-45-42-39-36-30-28-26-23-20-17-14-11-8-5-2/h7,9-10,12,16,18-19,21,25,27-28,30-32,34-35,38,40-41,43,47,49-50,52,63H,4-6,8,11,13-15,17,20,22-24,26,29,33,36-37,39,42,44-46,48,51,53-62H2,1-3H3/b10-7-,12-9-,19-16-,21-18-,27-25-,30-28-,32-31-,35-34-,41-38-,43-40-,50-47-,52-49-. The highest BCUT2D eigenvalue weighted by Crippen LogP contribution is 2.13. The van der Waals surface area contributed by atoms with E-state index in [9.17, 15) is 14.4 Å². The minimum atomic E-state index is -0.839. The van der Waals surface area contributed by atoms with E-state index in [0.717, 1.165) is 96.3 Å². The van der Waals surface area contributed by atoms with Gasteiger partial charge in [0.05, 0.1) is 0 Å². The van der Waals surface area contributed by atoms with Crippen molar-refractivity contribution in [3.63, 3.8) is 0 Å². The summed E-state index contributed by atoms with van der Waals surface area (Å²) >= 11 is 0. The number of hydrogen-bond donors (Lipinski definition) is 0. The van der Waals surface area contributed by atoms with Crippen LogP contribution in [0.5, 0.6) is 0 Å². The van der Waals surface area contributed by atoms with Gasteiger partial charge in [0.25, 0.3) is 0 Å². The fraction of sp³-hybridized carbons (Fsp3) is 0.591. The van der Waals surface area contributed by atoms with Crippen LogP contribution in [0.25, 0.3) is 0 Å². The molecule has 404 valence electrons. The molecule has 0 bridgehead atoms. The van der Waals surface area contributed by atoms with Crippen LogP contribution in [0.1, 0.15) is 233 Å². The maximum absolute atomic E-state index is 12.9. The maximum atomic E-state index is 12.9. The Bertz CT molecular complexity index is 1610. The normalized spacial score (nSPS) is 13.2. The average molecular weight is 994 g/mol. The van der Waals surface area contributed by atoms with Crippen LogP contribution in [0.3, 0.4) is 0 Å². The molecular formula is C66H104O6. The fourth-order valence-corrected chi connectivity index (χ4v) is 7.32. The number of carbonyl (C=O) groups is 3. The van der Waals surface area contributed by atoms with Crippen molar-refractivity contribution in [1.82, 2.24) is 0 Å². The maximum Gasteiger partial charge on any atom is 0.306 e. The van der Waals surface area contributed by atoms with E-state index < -0.39 is 6.10 Å². The van der Waals surface area contributed by atoms with Gasteiger partial charge in [-0.15, -0.1) is 0 Å². The highest BCUT2D eigenvalue weighted by Gasteiger charge is 2.19. The van der Waals surface area contributed by atoms with Crippen molar-refractivity contribution in [2.45, 2.75) is 239 Å². The largest absolute Gasteiger partial charge is 0.462 e. The van der Waals surface area contributed by atoms with Crippen molar-refractivity contribution in [3.8, 4) is 0 Å². The summed E-state index contributed by atoms with van der Waals surface area (Å²) in [7, 11) is 0. The summed E-state index contributed by atoms with van der Waals surface area (Å²) in [6, 6.07) is 0. The van der Waals surface area contributed by atoms with Crippen LogP contribution in [0.2, 0.25) is 0 Å². The molecule has 0 amide bonds. The molecule has 72 heavy (non-hydrogen) atoms.